The number of carbonyl (C=O) groups excluding carboxylic acids is 2. The molecule has 2 rings (SSSR count). The maximum absolute atomic E-state index is 11.9. The largest absolute Gasteiger partial charge is 0.397 e. The second kappa shape index (κ2) is 6.31. The van der Waals surface area contributed by atoms with Gasteiger partial charge in [-0.3, -0.25) is 9.59 Å². The molecule has 21 heavy (non-hydrogen) atoms. The molecule has 5 N–H and O–H groups in total. The highest BCUT2D eigenvalue weighted by Gasteiger charge is 2.27. The third-order valence-corrected chi connectivity index (χ3v) is 4.88. The summed E-state index contributed by atoms with van der Waals surface area (Å²) in [4.78, 5) is 28.3. The summed E-state index contributed by atoms with van der Waals surface area (Å²) in [6.45, 7) is 3.50. The topological polar surface area (TPSA) is 105 Å². The van der Waals surface area contributed by atoms with E-state index in [-0.39, 0.29) is 17.2 Å². The lowest BCUT2D eigenvalue weighted by atomic mass is 10.2. The van der Waals surface area contributed by atoms with Crippen molar-refractivity contribution >= 4 is 33.8 Å². The second-order valence-corrected chi connectivity index (χ2v) is 6.11. The summed E-state index contributed by atoms with van der Waals surface area (Å²) >= 11 is 1.23. The van der Waals surface area contributed by atoms with E-state index < -0.39 is 5.91 Å². The van der Waals surface area contributed by atoms with Gasteiger partial charge in [-0.05, 0) is 20.0 Å². The molecule has 1 aromatic heterocycles. The maximum Gasteiger partial charge on any atom is 0.263 e. The summed E-state index contributed by atoms with van der Waals surface area (Å²) in [5, 5.41) is 3.24. The number of nitrogen functional groups attached to an aromatic ring is 1. The molecule has 8 heteroatoms. The van der Waals surface area contributed by atoms with Gasteiger partial charge in [0.25, 0.3) is 11.8 Å². The van der Waals surface area contributed by atoms with Crippen LogP contribution in [0.4, 0.5) is 10.7 Å². The molecule has 2 amide bonds. The van der Waals surface area contributed by atoms with Crippen LogP contribution in [-0.2, 0) is 0 Å². The molecule has 1 aliphatic heterocycles. The van der Waals surface area contributed by atoms with Gasteiger partial charge in [0.05, 0.1) is 11.3 Å². The minimum atomic E-state index is -0.591. The Hall–Kier alpha value is -1.80. The van der Waals surface area contributed by atoms with E-state index in [1.54, 1.807) is 0 Å². The van der Waals surface area contributed by atoms with Crippen molar-refractivity contribution in [2.75, 3.05) is 50.9 Å². The number of hydrogen-bond donors (Lipinski definition) is 3. The zero-order valence-corrected chi connectivity index (χ0v) is 13.1. The van der Waals surface area contributed by atoms with Crippen LogP contribution in [0.3, 0.4) is 0 Å². The number of nitrogens with two attached hydrogens (primary N) is 2. The first-order valence-electron chi connectivity index (χ1n) is 6.83. The van der Waals surface area contributed by atoms with Crippen molar-refractivity contribution < 1.29 is 9.59 Å². The number of hydrogen-bond acceptors (Lipinski definition) is 6. The molecular weight excluding hydrogens is 290 g/mol. The molecule has 1 saturated heterocycles. The molecule has 1 aromatic rings. The van der Waals surface area contributed by atoms with E-state index in [9.17, 15) is 9.59 Å². The molecule has 0 spiro atoms. The quantitative estimate of drug-likeness (QED) is 0.725. The lowest BCUT2D eigenvalue weighted by Crippen LogP contribution is -2.29. The van der Waals surface area contributed by atoms with Crippen molar-refractivity contribution in [1.29, 1.82) is 0 Å². The molecule has 7 nitrogen and oxygen atoms in total. The van der Waals surface area contributed by atoms with E-state index in [0.29, 0.717) is 9.88 Å². The number of nitrogens with one attached hydrogen (secondary N) is 1. The molecule has 1 fully saturated rings. The van der Waals surface area contributed by atoms with Crippen molar-refractivity contribution in [3.8, 4) is 0 Å². The van der Waals surface area contributed by atoms with Crippen LogP contribution in [0.1, 0.15) is 26.5 Å². The summed E-state index contributed by atoms with van der Waals surface area (Å²) in [6, 6.07) is 0. The van der Waals surface area contributed by atoms with Crippen LogP contribution >= 0.6 is 11.3 Å². The summed E-state index contributed by atoms with van der Waals surface area (Å²) < 4.78 is 0. The predicted molar refractivity (Wildman–Crippen MR) is 85.0 cm³/mol. The lowest BCUT2D eigenvalue weighted by Gasteiger charge is -2.22. The van der Waals surface area contributed by atoms with Crippen LogP contribution < -0.4 is 21.7 Å². The molecule has 0 radical (unpaired) electrons. The van der Waals surface area contributed by atoms with Gasteiger partial charge in [-0.1, -0.05) is 0 Å². The molecule has 0 aromatic carbocycles. The molecule has 116 valence electrons. The molecular formula is C13H21N5O2S. The number of thiophene rings is 1. The van der Waals surface area contributed by atoms with Crippen molar-refractivity contribution in [3.63, 3.8) is 0 Å². The maximum atomic E-state index is 11.9. The van der Waals surface area contributed by atoms with Crippen LogP contribution in [-0.4, -0.2) is 57.0 Å². The van der Waals surface area contributed by atoms with Gasteiger partial charge in [0, 0.05) is 26.7 Å². The van der Waals surface area contributed by atoms with Gasteiger partial charge in [-0.15, -0.1) is 11.3 Å². The predicted octanol–water partition coefficient (Wildman–Crippen LogP) is -0.0693. The number of primary amides is 1. The Balaban J connectivity index is 2.42. The molecule has 0 aliphatic carbocycles. The number of rotatable bonds is 3. The fourth-order valence-electron chi connectivity index (χ4n) is 2.42. The Kier molecular flexibility index (Phi) is 4.69. The van der Waals surface area contributed by atoms with E-state index in [1.807, 2.05) is 0 Å². The van der Waals surface area contributed by atoms with E-state index in [0.717, 1.165) is 32.6 Å². The van der Waals surface area contributed by atoms with Gasteiger partial charge in [-0.25, -0.2) is 0 Å². The lowest BCUT2D eigenvalue weighted by molar-refractivity contribution is 0.0967. The fraction of sp³-hybridized carbons (Fsp3) is 0.538. The van der Waals surface area contributed by atoms with Crippen molar-refractivity contribution in [2.45, 2.75) is 6.42 Å². The summed E-state index contributed by atoms with van der Waals surface area (Å²) in [7, 11) is 3.60. The average molecular weight is 311 g/mol. The van der Waals surface area contributed by atoms with Gasteiger partial charge in [0.2, 0.25) is 0 Å². The monoisotopic (exact) mass is 311 g/mol. The Labute approximate surface area is 127 Å². The fourth-order valence-corrected chi connectivity index (χ4v) is 3.65. The third-order valence-electron chi connectivity index (χ3n) is 3.61. The van der Waals surface area contributed by atoms with Crippen LogP contribution in [0.2, 0.25) is 0 Å². The first kappa shape index (κ1) is 15.6. The van der Waals surface area contributed by atoms with Gasteiger partial charge in [0.15, 0.2) is 0 Å². The summed E-state index contributed by atoms with van der Waals surface area (Å²) in [5.41, 5.74) is 11.9. The van der Waals surface area contributed by atoms with Gasteiger partial charge in [0.1, 0.15) is 9.88 Å². The van der Waals surface area contributed by atoms with Crippen molar-refractivity contribution in [3.05, 3.63) is 10.4 Å². The molecule has 0 bridgehead atoms. The summed E-state index contributed by atoms with van der Waals surface area (Å²) in [6.07, 6.45) is 0.988. The first-order chi connectivity index (χ1) is 9.95. The van der Waals surface area contributed by atoms with E-state index in [2.05, 4.69) is 22.2 Å². The van der Waals surface area contributed by atoms with E-state index in [1.165, 1.54) is 18.4 Å². The first-order valence-corrected chi connectivity index (χ1v) is 7.65. The molecule has 0 unspecified atom stereocenters. The molecule has 2 heterocycles. The zero-order chi connectivity index (χ0) is 15.6. The Morgan fingerprint density at radius 3 is 2.57 bits per heavy atom. The van der Waals surface area contributed by atoms with Gasteiger partial charge < -0.3 is 26.6 Å². The number of likely N-dealkylation sites (N-methyl/N-ethyl adjacent to an activating group) is 1. The number of nitrogens with zero attached hydrogens (tertiary/aromatic N) is 2. The van der Waals surface area contributed by atoms with Crippen LogP contribution in [0.25, 0.3) is 0 Å². The van der Waals surface area contributed by atoms with E-state index in [4.69, 9.17) is 11.5 Å². The molecule has 1 aliphatic rings. The smallest absolute Gasteiger partial charge is 0.263 e. The number of carbonyl (C=O) groups is 2. The molecule has 0 atom stereocenters. The van der Waals surface area contributed by atoms with Crippen molar-refractivity contribution in [1.82, 2.24) is 10.2 Å². The number of amides is 2. The SMILES string of the molecule is CNC(=O)c1sc(N2CCCN(C)CC2)c(C(N)=O)c1N. The van der Waals surface area contributed by atoms with Crippen LogP contribution in [0.15, 0.2) is 0 Å². The highest BCUT2D eigenvalue weighted by atomic mass is 32.1. The minimum Gasteiger partial charge on any atom is -0.397 e. The highest BCUT2D eigenvalue weighted by molar-refractivity contribution is 7.19. The normalized spacial score (nSPS) is 16.6. The summed E-state index contributed by atoms with van der Waals surface area (Å²) in [5.74, 6) is -0.885. The van der Waals surface area contributed by atoms with Crippen LogP contribution in [0.5, 0.6) is 0 Å². The third kappa shape index (κ3) is 3.11. The standard InChI is InChI=1S/C13H21N5O2S/c1-16-12(20)10-9(14)8(11(15)19)13(21-10)18-5-3-4-17(2)6-7-18/h3-7,14H2,1-2H3,(H2,15,19)(H,16,20). The van der Waals surface area contributed by atoms with E-state index >= 15 is 0 Å². The average Bonchev–Trinajstić information content (AvgIpc) is 2.63. The second-order valence-electron chi connectivity index (χ2n) is 5.11. The minimum absolute atomic E-state index is 0.180. The Morgan fingerprint density at radius 1 is 1.24 bits per heavy atom. The van der Waals surface area contributed by atoms with Gasteiger partial charge in [-0.2, -0.15) is 0 Å². The Bertz CT molecular complexity index is 557. The van der Waals surface area contributed by atoms with Crippen LogP contribution in [0, 0.1) is 0 Å². The highest BCUT2D eigenvalue weighted by Crippen LogP contribution is 2.38. The number of anilines is 2. The Morgan fingerprint density at radius 2 is 1.95 bits per heavy atom. The van der Waals surface area contributed by atoms with Crippen molar-refractivity contribution in [2.24, 2.45) is 5.73 Å². The zero-order valence-electron chi connectivity index (χ0n) is 12.3. The van der Waals surface area contributed by atoms with Gasteiger partial charge >= 0.3 is 0 Å². The molecule has 0 saturated carbocycles.